The van der Waals surface area contributed by atoms with Gasteiger partial charge in [0.1, 0.15) is 10.0 Å². The zero-order chi connectivity index (χ0) is 26.2. The monoisotopic (exact) mass is 512 g/mol. The molecule has 3 rings (SSSR count). The minimum absolute atomic E-state index is 0.103. The van der Waals surface area contributed by atoms with E-state index in [0.29, 0.717) is 29.2 Å². The molecular weight excluding hydrogens is 476 g/mol. The molecule has 0 saturated heterocycles. The van der Waals surface area contributed by atoms with Crippen LogP contribution in [-0.4, -0.2) is 23.5 Å². The van der Waals surface area contributed by atoms with Gasteiger partial charge in [0.15, 0.2) is 0 Å². The molecule has 0 spiro atoms. The number of aromatic nitrogens is 2. The predicted molar refractivity (Wildman–Crippen MR) is 143 cm³/mol. The largest absolute Gasteiger partial charge is 0.330 e. The molecule has 1 N–H and O–H groups in total. The molecular formula is C27H36N4O2S2. The minimum Gasteiger partial charge on any atom is -0.330 e. The summed E-state index contributed by atoms with van der Waals surface area (Å²) in [6, 6.07) is 9.93. The molecule has 0 aliphatic carbocycles. The van der Waals surface area contributed by atoms with Crippen molar-refractivity contribution in [1.29, 1.82) is 5.26 Å². The lowest BCUT2D eigenvalue weighted by Crippen LogP contribution is -2.40. The molecule has 2 aromatic heterocycles. The smallest absolute Gasteiger partial charge is 0.251 e. The molecule has 1 aromatic carbocycles. The number of imidazole rings is 1. The van der Waals surface area contributed by atoms with Crippen LogP contribution >= 0.6 is 11.3 Å². The molecule has 0 aliphatic heterocycles. The van der Waals surface area contributed by atoms with E-state index >= 15 is 0 Å². The summed E-state index contributed by atoms with van der Waals surface area (Å²) in [4.78, 5) is 5.50. The molecule has 2 heterocycles. The maximum atomic E-state index is 13.4. The number of benzene rings is 1. The third kappa shape index (κ3) is 6.60. The third-order valence-corrected chi connectivity index (χ3v) is 8.73. The van der Waals surface area contributed by atoms with Crippen molar-refractivity contribution < 1.29 is 8.42 Å². The Morgan fingerprint density at radius 1 is 1.11 bits per heavy atom. The van der Waals surface area contributed by atoms with Crippen molar-refractivity contribution in [2.75, 3.05) is 0 Å². The summed E-state index contributed by atoms with van der Waals surface area (Å²) in [7, 11) is -3.76. The lowest BCUT2D eigenvalue weighted by molar-refractivity contribution is 0.493. The Morgan fingerprint density at radius 3 is 2.37 bits per heavy atom. The topological polar surface area (TPSA) is 87.8 Å². The van der Waals surface area contributed by atoms with E-state index in [-0.39, 0.29) is 9.62 Å². The average Bonchev–Trinajstić information content (AvgIpc) is 3.33. The highest BCUT2D eigenvalue weighted by molar-refractivity contribution is 7.91. The Labute approximate surface area is 214 Å². The first kappa shape index (κ1) is 27.1. The van der Waals surface area contributed by atoms with Gasteiger partial charge < -0.3 is 4.57 Å². The first-order valence-corrected chi connectivity index (χ1v) is 14.1. The second kappa shape index (κ2) is 9.88. The maximum absolute atomic E-state index is 13.4. The molecule has 0 unspecified atom stereocenters. The van der Waals surface area contributed by atoms with Crippen molar-refractivity contribution in [2.45, 2.75) is 83.5 Å². The minimum atomic E-state index is -3.76. The van der Waals surface area contributed by atoms with Crippen LogP contribution in [0.1, 0.15) is 77.2 Å². The van der Waals surface area contributed by atoms with Gasteiger partial charge in [0.05, 0.1) is 11.6 Å². The van der Waals surface area contributed by atoms with Crippen LogP contribution in [0, 0.1) is 17.2 Å². The quantitative estimate of drug-likeness (QED) is 0.414. The van der Waals surface area contributed by atoms with Gasteiger partial charge in [-0.2, -0.15) is 5.26 Å². The molecule has 0 radical (unpaired) electrons. The van der Waals surface area contributed by atoms with Crippen molar-refractivity contribution in [3.8, 4) is 17.2 Å². The Bertz CT molecular complexity index is 1340. The van der Waals surface area contributed by atoms with Gasteiger partial charge in [-0.1, -0.05) is 46.8 Å². The maximum Gasteiger partial charge on any atom is 0.251 e. The Kier molecular flexibility index (Phi) is 7.66. The lowest BCUT2D eigenvalue weighted by atomic mass is 9.95. The number of hydrogen-bond acceptors (Lipinski definition) is 5. The van der Waals surface area contributed by atoms with E-state index in [4.69, 9.17) is 0 Å². The normalized spacial score (nSPS) is 12.8. The lowest BCUT2D eigenvalue weighted by Gasteiger charge is -2.21. The van der Waals surface area contributed by atoms with E-state index in [1.165, 1.54) is 11.3 Å². The van der Waals surface area contributed by atoms with E-state index in [9.17, 15) is 13.7 Å². The van der Waals surface area contributed by atoms with E-state index in [2.05, 4.69) is 55.0 Å². The Morgan fingerprint density at radius 2 is 1.80 bits per heavy atom. The number of hydrogen-bond donors (Lipinski definition) is 1. The SMILES string of the molecule is CC(C)Cc1cc(-c2ccc(Cn3ccnc3C(C)(C)C)cc2C#N)c(S(=O)(=O)NC(C)(C)C)s1. The number of nitrogens with zero attached hydrogens (tertiary/aromatic N) is 3. The molecule has 0 saturated carbocycles. The van der Waals surface area contributed by atoms with Gasteiger partial charge in [-0.05, 0) is 50.8 Å². The van der Waals surface area contributed by atoms with Crippen LogP contribution in [-0.2, 0) is 28.4 Å². The summed E-state index contributed by atoms with van der Waals surface area (Å²) < 4.78 is 31.8. The number of nitriles is 1. The van der Waals surface area contributed by atoms with Crippen LogP contribution in [0.2, 0.25) is 0 Å². The van der Waals surface area contributed by atoms with Crippen molar-refractivity contribution >= 4 is 21.4 Å². The van der Waals surface area contributed by atoms with Crippen LogP contribution < -0.4 is 4.72 Å². The van der Waals surface area contributed by atoms with Gasteiger partial charge in [0.2, 0.25) is 0 Å². The molecule has 0 atom stereocenters. The van der Waals surface area contributed by atoms with Crippen LogP contribution in [0.4, 0.5) is 0 Å². The van der Waals surface area contributed by atoms with Crippen molar-refractivity contribution in [1.82, 2.24) is 14.3 Å². The van der Waals surface area contributed by atoms with E-state index in [1.54, 1.807) is 6.20 Å². The van der Waals surface area contributed by atoms with Crippen molar-refractivity contribution in [3.63, 3.8) is 0 Å². The molecule has 0 amide bonds. The fraction of sp³-hybridized carbons (Fsp3) is 0.481. The van der Waals surface area contributed by atoms with Crippen LogP contribution in [0.25, 0.3) is 11.1 Å². The summed E-state index contributed by atoms with van der Waals surface area (Å²) in [5, 5.41) is 10.0. The van der Waals surface area contributed by atoms with Gasteiger partial charge >= 0.3 is 0 Å². The summed E-state index contributed by atoms with van der Waals surface area (Å²) in [5.74, 6) is 1.36. The summed E-state index contributed by atoms with van der Waals surface area (Å²) in [6.07, 6.45) is 4.51. The van der Waals surface area contributed by atoms with E-state index in [1.807, 2.05) is 51.2 Å². The van der Waals surface area contributed by atoms with Crippen molar-refractivity contribution in [2.24, 2.45) is 5.92 Å². The molecule has 0 fully saturated rings. The summed E-state index contributed by atoms with van der Waals surface area (Å²) >= 11 is 1.29. The number of sulfonamides is 1. The molecule has 3 aromatic rings. The Hall–Kier alpha value is -2.47. The fourth-order valence-electron chi connectivity index (χ4n) is 4.06. The van der Waals surface area contributed by atoms with Gasteiger partial charge in [0, 0.05) is 45.9 Å². The average molecular weight is 513 g/mol. The summed E-state index contributed by atoms with van der Waals surface area (Å²) in [5.41, 5.74) is 1.93. The highest BCUT2D eigenvalue weighted by Crippen LogP contribution is 2.38. The molecule has 188 valence electrons. The van der Waals surface area contributed by atoms with E-state index < -0.39 is 15.6 Å². The summed E-state index contributed by atoms with van der Waals surface area (Å²) in [6.45, 7) is 16.6. The number of thiophene rings is 1. The van der Waals surface area contributed by atoms with Gasteiger partial charge in [-0.25, -0.2) is 18.1 Å². The molecule has 8 heteroatoms. The molecule has 35 heavy (non-hydrogen) atoms. The van der Waals surface area contributed by atoms with Crippen LogP contribution in [0.5, 0.6) is 0 Å². The second-order valence-corrected chi connectivity index (χ2v) is 14.5. The molecule has 0 bridgehead atoms. The molecule has 0 aliphatic rings. The fourth-order valence-corrected chi connectivity index (χ4v) is 7.41. The predicted octanol–water partition coefficient (Wildman–Crippen LogP) is 6.10. The standard InChI is InChI=1S/C27H36N4O2S2/c1-18(2)13-21-15-23(24(34-21)35(32,33)30-27(6,7)8)22-10-9-19(14-20(22)16-28)17-31-12-11-29-25(31)26(3,4)5/h9-12,14-15,18,30H,13,17H2,1-8H3. The number of nitrogens with one attached hydrogen (secondary N) is 1. The molecule has 6 nitrogen and oxygen atoms in total. The first-order chi connectivity index (χ1) is 16.1. The van der Waals surface area contributed by atoms with Crippen molar-refractivity contribution in [3.05, 3.63) is 58.5 Å². The van der Waals surface area contributed by atoms with Crippen LogP contribution in [0.3, 0.4) is 0 Å². The Balaban J connectivity index is 2.09. The van der Waals surface area contributed by atoms with E-state index in [0.717, 1.165) is 22.7 Å². The zero-order valence-corrected chi connectivity index (χ0v) is 23.6. The second-order valence-electron chi connectivity index (χ2n) is 11.5. The highest BCUT2D eigenvalue weighted by Gasteiger charge is 2.29. The number of rotatable bonds is 7. The highest BCUT2D eigenvalue weighted by atomic mass is 32.2. The first-order valence-electron chi connectivity index (χ1n) is 11.8. The van der Waals surface area contributed by atoms with Gasteiger partial charge in [0.25, 0.3) is 10.0 Å². The van der Waals surface area contributed by atoms with Gasteiger partial charge in [-0.15, -0.1) is 11.3 Å². The van der Waals surface area contributed by atoms with Gasteiger partial charge in [-0.3, -0.25) is 0 Å². The third-order valence-electron chi connectivity index (χ3n) is 5.28. The zero-order valence-electron chi connectivity index (χ0n) is 21.9. The van der Waals surface area contributed by atoms with Crippen LogP contribution in [0.15, 0.2) is 40.9 Å².